The van der Waals surface area contributed by atoms with Crippen LogP contribution < -0.4 is 0 Å². The summed E-state index contributed by atoms with van der Waals surface area (Å²) in [6.45, 7) is 2.28. The second-order valence-corrected chi connectivity index (χ2v) is 7.61. The number of halogens is 3. The minimum atomic E-state index is -1.31. The van der Waals surface area contributed by atoms with E-state index in [4.69, 9.17) is 0 Å². The van der Waals surface area contributed by atoms with Gasteiger partial charge in [0.2, 0.25) is 0 Å². The third kappa shape index (κ3) is 3.75. The third-order valence-electron chi connectivity index (χ3n) is 6.19. The quantitative estimate of drug-likeness (QED) is 0.578. The van der Waals surface area contributed by atoms with Crippen LogP contribution in [-0.2, 0) is 12.8 Å². The molecule has 0 nitrogen and oxygen atoms in total. The molecule has 0 radical (unpaired) electrons. The van der Waals surface area contributed by atoms with Gasteiger partial charge in [-0.2, -0.15) is 0 Å². The summed E-state index contributed by atoms with van der Waals surface area (Å²) >= 11 is 0. The second kappa shape index (κ2) is 7.27. The molecule has 1 aromatic carbocycles. The monoisotopic (exact) mass is 324 g/mol. The summed E-state index contributed by atoms with van der Waals surface area (Å²) in [4.78, 5) is 0. The number of fused-ring (bicyclic) bond motifs is 1. The van der Waals surface area contributed by atoms with Crippen LogP contribution in [-0.4, -0.2) is 0 Å². The van der Waals surface area contributed by atoms with Crippen molar-refractivity contribution in [2.24, 2.45) is 17.8 Å². The SMILES string of the molecule is CCC1CCC(CCC2CCc3c(cc(F)c(F)c3F)C2)CC1. The average molecular weight is 324 g/mol. The van der Waals surface area contributed by atoms with Gasteiger partial charge in [0.15, 0.2) is 17.5 Å². The first-order chi connectivity index (χ1) is 11.1. The lowest BCUT2D eigenvalue weighted by molar-refractivity contribution is 0.240. The van der Waals surface area contributed by atoms with E-state index in [2.05, 4.69) is 6.92 Å². The van der Waals surface area contributed by atoms with E-state index in [9.17, 15) is 13.2 Å². The Kier molecular flexibility index (Phi) is 5.33. The molecular formula is C20H27F3. The van der Waals surface area contributed by atoms with Gasteiger partial charge in [-0.05, 0) is 60.6 Å². The molecule has 0 bridgehead atoms. The molecule has 0 aliphatic heterocycles. The number of hydrogen-bond acceptors (Lipinski definition) is 0. The van der Waals surface area contributed by atoms with E-state index in [0.717, 1.165) is 24.7 Å². The minimum absolute atomic E-state index is 0.406. The highest BCUT2D eigenvalue weighted by atomic mass is 19.2. The normalized spacial score (nSPS) is 27.7. The van der Waals surface area contributed by atoms with Gasteiger partial charge in [-0.25, -0.2) is 13.2 Å². The van der Waals surface area contributed by atoms with Gasteiger partial charge in [0.1, 0.15) is 0 Å². The van der Waals surface area contributed by atoms with Gasteiger partial charge in [-0.3, -0.25) is 0 Å². The predicted octanol–water partition coefficient (Wildman–Crippen LogP) is 6.21. The summed E-state index contributed by atoms with van der Waals surface area (Å²) in [5, 5.41) is 0. The van der Waals surface area contributed by atoms with Crippen molar-refractivity contribution < 1.29 is 13.2 Å². The molecule has 0 aromatic heterocycles. The minimum Gasteiger partial charge on any atom is -0.204 e. The zero-order valence-electron chi connectivity index (χ0n) is 14.0. The number of hydrogen-bond donors (Lipinski definition) is 0. The highest BCUT2D eigenvalue weighted by molar-refractivity contribution is 5.33. The van der Waals surface area contributed by atoms with Gasteiger partial charge in [-0.15, -0.1) is 0 Å². The van der Waals surface area contributed by atoms with Gasteiger partial charge >= 0.3 is 0 Å². The molecule has 128 valence electrons. The Morgan fingerprint density at radius 1 is 0.870 bits per heavy atom. The predicted molar refractivity (Wildman–Crippen MR) is 86.8 cm³/mol. The fourth-order valence-electron chi connectivity index (χ4n) is 4.54. The Balaban J connectivity index is 1.54. The van der Waals surface area contributed by atoms with Gasteiger partial charge in [-0.1, -0.05) is 45.4 Å². The molecule has 0 saturated heterocycles. The molecular weight excluding hydrogens is 297 g/mol. The molecule has 1 fully saturated rings. The van der Waals surface area contributed by atoms with Crippen LogP contribution in [0.1, 0.15) is 69.4 Å². The van der Waals surface area contributed by atoms with E-state index in [1.165, 1.54) is 44.6 Å². The van der Waals surface area contributed by atoms with Crippen LogP contribution in [0.15, 0.2) is 6.07 Å². The highest BCUT2D eigenvalue weighted by Crippen LogP contribution is 2.37. The molecule has 0 amide bonds. The van der Waals surface area contributed by atoms with Gasteiger partial charge in [0, 0.05) is 0 Å². The van der Waals surface area contributed by atoms with Crippen LogP contribution in [0.2, 0.25) is 0 Å². The third-order valence-corrected chi connectivity index (χ3v) is 6.19. The summed E-state index contributed by atoms with van der Waals surface area (Å²) in [5.74, 6) is -1.06. The zero-order chi connectivity index (χ0) is 16.4. The van der Waals surface area contributed by atoms with E-state index >= 15 is 0 Å². The van der Waals surface area contributed by atoms with E-state index in [1.54, 1.807) is 0 Å². The smallest absolute Gasteiger partial charge is 0.194 e. The Morgan fingerprint density at radius 3 is 2.22 bits per heavy atom. The standard InChI is InChI=1S/C20H27F3/c1-2-13-3-5-14(6-4-13)7-8-15-9-10-17-16(11-15)12-18(21)20(23)19(17)22/h12-15H,2-11H2,1H3. The topological polar surface area (TPSA) is 0 Å². The Morgan fingerprint density at radius 2 is 1.52 bits per heavy atom. The van der Waals surface area contributed by atoms with Gasteiger partial charge < -0.3 is 0 Å². The first-order valence-electron chi connectivity index (χ1n) is 9.23. The summed E-state index contributed by atoms with van der Waals surface area (Å²) in [6, 6.07) is 1.21. The maximum atomic E-state index is 13.8. The summed E-state index contributed by atoms with van der Waals surface area (Å²) in [5.41, 5.74) is 1.09. The summed E-state index contributed by atoms with van der Waals surface area (Å²) in [6.07, 6.45) is 11.3. The van der Waals surface area contributed by atoms with E-state index in [0.29, 0.717) is 29.9 Å². The first kappa shape index (κ1) is 16.9. The highest BCUT2D eigenvalue weighted by Gasteiger charge is 2.26. The van der Waals surface area contributed by atoms with Crippen LogP contribution in [0.25, 0.3) is 0 Å². The maximum Gasteiger partial charge on any atom is 0.194 e. The van der Waals surface area contributed by atoms with E-state index in [-0.39, 0.29) is 0 Å². The summed E-state index contributed by atoms with van der Waals surface area (Å²) < 4.78 is 40.5. The lowest BCUT2D eigenvalue weighted by atomic mass is 9.75. The molecule has 0 spiro atoms. The lowest BCUT2D eigenvalue weighted by Gasteiger charge is -2.30. The van der Waals surface area contributed by atoms with Crippen LogP contribution in [0.5, 0.6) is 0 Å². The van der Waals surface area contributed by atoms with Crippen molar-refractivity contribution in [3.05, 3.63) is 34.6 Å². The molecule has 0 heterocycles. The van der Waals surface area contributed by atoms with Crippen LogP contribution >= 0.6 is 0 Å². The van der Waals surface area contributed by atoms with Crippen molar-refractivity contribution in [2.45, 2.75) is 71.1 Å². The van der Waals surface area contributed by atoms with Crippen LogP contribution in [0.4, 0.5) is 13.2 Å². The molecule has 3 heteroatoms. The van der Waals surface area contributed by atoms with Gasteiger partial charge in [0.05, 0.1) is 0 Å². The van der Waals surface area contributed by atoms with Crippen molar-refractivity contribution in [1.29, 1.82) is 0 Å². The fourth-order valence-corrected chi connectivity index (χ4v) is 4.54. The average Bonchev–Trinajstić information content (AvgIpc) is 2.58. The molecule has 2 aliphatic carbocycles. The molecule has 1 aromatic rings. The molecule has 1 atom stereocenters. The van der Waals surface area contributed by atoms with Crippen molar-refractivity contribution in [2.75, 3.05) is 0 Å². The number of benzene rings is 1. The van der Waals surface area contributed by atoms with Crippen LogP contribution in [0.3, 0.4) is 0 Å². The molecule has 3 rings (SSSR count). The molecule has 1 saturated carbocycles. The van der Waals surface area contributed by atoms with Crippen molar-refractivity contribution in [3.63, 3.8) is 0 Å². The largest absolute Gasteiger partial charge is 0.204 e. The molecule has 2 aliphatic rings. The van der Waals surface area contributed by atoms with Crippen molar-refractivity contribution >= 4 is 0 Å². The Bertz CT molecular complexity index is 544. The lowest BCUT2D eigenvalue weighted by Crippen LogP contribution is -2.19. The zero-order valence-corrected chi connectivity index (χ0v) is 14.0. The summed E-state index contributed by atoms with van der Waals surface area (Å²) in [7, 11) is 0. The van der Waals surface area contributed by atoms with Crippen LogP contribution in [0, 0.1) is 35.2 Å². The molecule has 1 unspecified atom stereocenters. The maximum absolute atomic E-state index is 13.8. The van der Waals surface area contributed by atoms with Crippen molar-refractivity contribution in [3.8, 4) is 0 Å². The van der Waals surface area contributed by atoms with Gasteiger partial charge in [0.25, 0.3) is 0 Å². The van der Waals surface area contributed by atoms with E-state index < -0.39 is 17.5 Å². The molecule has 23 heavy (non-hydrogen) atoms. The number of rotatable bonds is 4. The fraction of sp³-hybridized carbons (Fsp3) is 0.700. The second-order valence-electron chi connectivity index (χ2n) is 7.61. The van der Waals surface area contributed by atoms with Crippen molar-refractivity contribution in [1.82, 2.24) is 0 Å². The van der Waals surface area contributed by atoms with E-state index in [1.807, 2.05) is 0 Å². The Hall–Kier alpha value is -0.990. The molecule has 0 N–H and O–H groups in total. The Labute approximate surface area is 137 Å². The first-order valence-corrected chi connectivity index (χ1v) is 9.23.